The van der Waals surface area contributed by atoms with E-state index in [1.807, 2.05) is 6.07 Å². The molecule has 2 rings (SSSR count). The van der Waals surface area contributed by atoms with Crippen molar-refractivity contribution in [3.8, 4) is 11.8 Å². The molecule has 0 saturated heterocycles. The monoisotopic (exact) mass is 442 g/mol. The van der Waals surface area contributed by atoms with Crippen LogP contribution in [0.1, 0.15) is 5.56 Å². The van der Waals surface area contributed by atoms with E-state index in [1.165, 1.54) is 37.4 Å². The molecule has 0 aliphatic heterocycles. The van der Waals surface area contributed by atoms with Gasteiger partial charge < -0.3 is 4.74 Å². The highest BCUT2D eigenvalue weighted by molar-refractivity contribution is 9.10. The van der Waals surface area contributed by atoms with Crippen LogP contribution in [0.4, 0.5) is 0 Å². The van der Waals surface area contributed by atoms with Crippen molar-refractivity contribution < 1.29 is 17.9 Å². The SMILES string of the molecule is CN(CC(=O)Oc1ccc(Br)cc1Cl)S(=O)(=O)c1ccc(C#N)cc1. The number of hydrogen-bond donors (Lipinski definition) is 0. The van der Waals surface area contributed by atoms with E-state index in [9.17, 15) is 13.2 Å². The molecule has 0 bridgehead atoms. The van der Waals surface area contributed by atoms with Gasteiger partial charge >= 0.3 is 5.97 Å². The van der Waals surface area contributed by atoms with Crippen LogP contribution < -0.4 is 4.74 Å². The zero-order valence-corrected chi connectivity index (χ0v) is 16.1. The average Bonchev–Trinajstić information content (AvgIpc) is 2.57. The Hall–Kier alpha value is -1.92. The van der Waals surface area contributed by atoms with E-state index in [0.717, 1.165) is 8.78 Å². The third-order valence-electron chi connectivity index (χ3n) is 3.16. The number of rotatable bonds is 5. The molecule has 0 spiro atoms. The first-order valence-electron chi connectivity index (χ1n) is 6.86. The van der Waals surface area contributed by atoms with E-state index in [0.29, 0.717) is 5.56 Å². The van der Waals surface area contributed by atoms with E-state index < -0.39 is 22.5 Å². The predicted molar refractivity (Wildman–Crippen MR) is 95.8 cm³/mol. The zero-order valence-electron chi connectivity index (χ0n) is 12.9. The second kappa shape index (κ2) is 7.97. The largest absolute Gasteiger partial charge is 0.424 e. The van der Waals surface area contributed by atoms with Gasteiger partial charge in [-0.25, -0.2) is 8.42 Å². The van der Waals surface area contributed by atoms with Gasteiger partial charge in [0.2, 0.25) is 10.0 Å². The minimum absolute atomic E-state index is 0.0246. The lowest BCUT2D eigenvalue weighted by Gasteiger charge is -2.16. The van der Waals surface area contributed by atoms with Gasteiger partial charge in [-0.15, -0.1) is 0 Å². The van der Waals surface area contributed by atoms with Gasteiger partial charge in [0.25, 0.3) is 0 Å². The molecule has 0 N–H and O–H groups in total. The average molecular weight is 444 g/mol. The molecule has 2 aromatic carbocycles. The summed E-state index contributed by atoms with van der Waals surface area (Å²) in [6, 6.07) is 12.0. The normalized spacial score (nSPS) is 11.2. The highest BCUT2D eigenvalue weighted by atomic mass is 79.9. The molecular formula is C16H12BrClN2O4S. The summed E-state index contributed by atoms with van der Waals surface area (Å²) < 4.78 is 31.6. The Morgan fingerprint density at radius 1 is 1.28 bits per heavy atom. The number of nitrogens with zero attached hydrogens (tertiary/aromatic N) is 2. The fraction of sp³-hybridized carbons (Fsp3) is 0.125. The summed E-state index contributed by atoms with van der Waals surface area (Å²) in [5, 5.41) is 8.98. The summed E-state index contributed by atoms with van der Waals surface area (Å²) in [4.78, 5) is 12.0. The first-order valence-corrected chi connectivity index (χ1v) is 9.47. The number of likely N-dealkylation sites (N-methyl/N-ethyl adjacent to an activating group) is 1. The summed E-state index contributed by atoms with van der Waals surface area (Å²) in [7, 11) is -2.62. The van der Waals surface area contributed by atoms with E-state index >= 15 is 0 Å². The van der Waals surface area contributed by atoms with Gasteiger partial charge in [-0.1, -0.05) is 27.5 Å². The fourth-order valence-corrected chi connectivity index (χ4v) is 3.69. The van der Waals surface area contributed by atoms with Crippen LogP contribution in [0, 0.1) is 11.3 Å². The molecule has 0 heterocycles. The number of esters is 1. The van der Waals surface area contributed by atoms with Crippen LogP contribution >= 0.6 is 27.5 Å². The molecule has 6 nitrogen and oxygen atoms in total. The molecule has 0 saturated carbocycles. The summed E-state index contributed by atoms with van der Waals surface area (Å²) in [5.41, 5.74) is 0.339. The van der Waals surface area contributed by atoms with Crippen LogP contribution in [0.15, 0.2) is 51.8 Å². The maximum absolute atomic E-state index is 12.4. The summed E-state index contributed by atoms with van der Waals surface area (Å²) in [5.74, 6) is -0.636. The molecule has 0 unspecified atom stereocenters. The Bertz CT molecular complexity index is 940. The number of benzene rings is 2. The third kappa shape index (κ3) is 4.80. The first-order chi connectivity index (χ1) is 11.7. The molecule has 0 aliphatic rings. The van der Waals surface area contributed by atoms with Gasteiger partial charge in [0.15, 0.2) is 0 Å². The predicted octanol–water partition coefficient (Wildman–Crippen LogP) is 3.20. The van der Waals surface area contributed by atoms with Gasteiger partial charge in [-0.05, 0) is 42.5 Å². The molecule has 130 valence electrons. The van der Waals surface area contributed by atoms with Crippen molar-refractivity contribution >= 4 is 43.5 Å². The fourth-order valence-electron chi connectivity index (χ4n) is 1.86. The number of carbonyl (C=O) groups excluding carboxylic acids is 1. The molecule has 0 amide bonds. The maximum atomic E-state index is 12.4. The van der Waals surface area contributed by atoms with Crippen LogP contribution in [0.5, 0.6) is 5.75 Å². The standard InChI is InChI=1S/C16H12BrClN2O4S/c1-20(25(22,23)13-5-2-11(9-19)3-6-13)10-16(21)24-15-7-4-12(17)8-14(15)18/h2-8H,10H2,1H3. The molecule has 0 fully saturated rings. The third-order valence-corrected chi connectivity index (χ3v) is 5.77. The number of nitriles is 1. The molecule has 2 aromatic rings. The van der Waals surface area contributed by atoms with Crippen molar-refractivity contribution in [1.29, 1.82) is 5.26 Å². The maximum Gasteiger partial charge on any atom is 0.326 e. The number of ether oxygens (including phenoxy) is 1. The lowest BCUT2D eigenvalue weighted by atomic mass is 10.2. The van der Waals surface area contributed by atoms with Crippen molar-refractivity contribution in [2.75, 3.05) is 13.6 Å². The smallest absolute Gasteiger partial charge is 0.326 e. The summed E-state index contributed by atoms with van der Waals surface area (Å²) in [6.07, 6.45) is 0. The zero-order chi connectivity index (χ0) is 18.6. The first kappa shape index (κ1) is 19.4. The van der Waals surface area contributed by atoms with Crippen LogP contribution in [0.3, 0.4) is 0 Å². The van der Waals surface area contributed by atoms with Crippen molar-refractivity contribution in [3.05, 3.63) is 57.5 Å². The van der Waals surface area contributed by atoms with Gasteiger partial charge in [0, 0.05) is 11.5 Å². The Balaban J connectivity index is 2.10. The number of carbonyl (C=O) groups is 1. The number of halogens is 2. The summed E-state index contributed by atoms with van der Waals surface area (Å²) >= 11 is 9.19. The van der Waals surface area contributed by atoms with Crippen molar-refractivity contribution in [2.45, 2.75) is 4.90 Å². The van der Waals surface area contributed by atoms with Gasteiger partial charge in [0.1, 0.15) is 12.3 Å². The van der Waals surface area contributed by atoms with Crippen LogP contribution in [0.25, 0.3) is 0 Å². The van der Waals surface area contributed by atoms with Crippen LogP contribution in [0.2, 0.25) is 5.02 Å². The molecule has 25 heavy (non-hydrogen) atoms. The Labute approximate surface area is 158 Å². The topological polar surface area (TPSA) is 87.5 Å². The van der Waals surface area contributed by atoms with Crippen molar-refractivity contribution in [1.82, 2.24) is 4.31 Å². The second-order valence-electron chi connectivity index (χ2n) is 4.95. The van der Waals surface area contributed by atoms with E-state index in [2.05, 4.69) is 15.9 Å². The second-order valence-corrected chi connectivity index (χ2v) is 8.31. The molecular weight excluding hydrogens is 432 g/mol. The Morgan fingerprint density at radius 2 is 1.92 bits per heavy atom. The summed E-state index contributed by atoms with van der Waals surface area (Å²) in [6.45, 7) is -0.491. The molecule has 0 atom stereocenters. The molecule has 0 aliphatic carbocycles. The number of hydrogen-bond acceptors (Lipinski definition) is 5. The molecule has 9 heteroatoms. The minimum Gasteiger partial charge on any atom is -0.424 e. The molecule has 0 radical (unpaired) electrons. The van der Waals surface area contributed by atoms with Crippen LogP contribution in [-0.4, -0.2) is 32.3 Å². The number of sulfonamides is 1. The van der Waals surface area contributed by atoms with Crippen molar-refractivity contribution in [2.24, 2.45) is 0 Å². The van der Waals surface area contributed by atoms with Crippen molar-refractivity contribution in [3.63, 3.8) is 0 Å². The van der Waals surface area contributed by atoms with Gasteiger partial charge in [-0.3, -0.25) is 4.79 Å². The minimum atomic E-state index is -3.89. The quantitative estimate of drug-likeness (QED) is 0.523. The lowest BCUT2D eigenvalue weighted by molar-refractivity contribution is -0.134. The Morgan fingerprint density at radius 3 is 2.48 bits per heavy atom. The van der Waals surface area contributed by atoms with Gasteiger partial charge in [0.05, 0.1) is 21.6 Å². The van der Waals surface area contributed by atoms with E-state index in [1.54, 1.807) is 12.1 Å². The van der Waals surface area contributed by atoms with Crippen LogP contribution in [-0.2, 0) is 14.8 Å². The lowest BCUT2D eigenvalue weighted by Crippen LogP contribution is -2.34. The molecule has 0 aromatic heterocycles. The van der Waals surface area contributed by atoms with Gasteiger partial charge in [-0.2, -0.15) is 9.57 Å². The highest BCUT2D eigenvalue weighted by Crippen LogP contribution is 2.28. The van der Waals surface area contributed by atoms with E-state index in [-0.39, 0.29) is 15.7 Å². The highest BCUT2D eigenvalue weighted by Gasteiger charge is 2.24. The van der Waals surface area contributed by atoms with E-state index in [4.69, 9.17) is 21.6 Å². The Kier molecular flexibility index (Phi) is 6.19.